The van der Waals surface area contributed by atoms with Gasteiger partial charge in [-0.3, -0.25) is 0 Å². The van der Waals surface area contributed by atoms with Crippen molar-refractivity contribution in [3.8, 4) is 44.5 Å². The van der Waals surface area contributed by atoms with Gasteiger partial charge in [0.05, 0.1) is 0 Å². The Morgan fingerprint density at radius 1 is 0.320 bits per heavy atom. The Morgan fingerprint density at radius 3 is 1.36 bits per heavy atom. The molecule has 0 aromatic heterocycles. The maximum absolute atomic E-state index is 2.40. The second kappa shape index (κ2) is 12.1. The second-order valence-corrected chi connectivity index (χ2v) is 13.8. The van der Waals surface area contributed by atoms with E-state index in [-0.39, 0.29) is 5.41 Å². The summed E-state index contributed by atoms with van der Waals surface area (Å²) in [6.45, 7) is 4.70. The lowest BCUT2D eigenvalue weighted by Gasteiger charge is -2.28. The summed E-state index contributed by atoms with van der Waals surface area (Å²) < 4.78 is 0. The number of hydrogen-bond donors (Lipinski definition) is 0. The maximum Gasteiger partial charge on any atom is 0.0465 e. The topological polar surface area (TPSA) is 3.24 Å². The van der Waals surface area contributed by atoms with Crippen LogP contribution >= 0.6 is 0 Å². The third-order valence-electron chi connectivity index (χ3n) is 10.5. The molecule has 8 aromatic rings. The van der Waals surface area contributed by atoms with Crippen LogP contribution in [0.3, 0.4) is 0 Å². The second-order valence-electron chi connectivity index (χ2n) is 13.8. The zero-order valence-corrected chi connectivity index (χ0v) is 28.3. The van der Waals surface area contributed by atoms with Crippen LogP contribution in [0.15, 0.2) is 188 Å². The van der Waals surface area contributed by atoms with Crippen molar-refractivity contribution >= 4 is 27.8 Å². The minimum atomic E-state index is -0.0783. The standard InChI is InChI=1S/C49H37N/c1-49(2)47-16-10-9-15-45(47)46-30-29-44(33-48(46)49)50(42-25-21-36(22-26-42)34-11-5-3-6-12-34)43-27-23-37(24-28-43)40-20-18-38-17-19-39(31-41(38)32-40)35-13-7-4-8-14-35/h3-33H,1-2H3. The Morgan fingerprint density at radius 2 is 0.760 bits per heavy atom. The number of nitrogens with zero attached hydrogens (tertiary/aromatic N) is 1. The van der Waals surface area contributed by atoms with Gasteiger partial charge in [0.1, 0.15) is 0 Å². The van der Waals surface area contributed by atoms with E-state index >= 15 is 0 Å². The lowest BCUT2D eigenvalue weighted by atomic mass is 9.82. The van der Waals surface area contributed by atoms with E-state index in [4.69, 9.17) is 0 Å². The lowest BCUT2D eigenvalue weighted by Crippen LogP contribution is -2.16. The number of rotatable bonds is 6. The smallest absolute Gasteiger partial charge is 0.0465 e. The number of hydrogen-bond acceptors (Lipinski definition) is 1. The monoisotopic (exact) mass is 639 g/mol. The SMILES string of the molecule is CC1(C)c2ccccc2-c2ccc(N(c3ccc(-c4ccccc4)cc3)c3ccc(-c4ccc5ccc(-c6ccccc6)cc5c4)cc3)cc21. The molecule has 0 bridgehead atoms. The highest BCUT2D eigenvalue weighted by Crippen LogP contribution is 2.50. The van der Waals surface area contributed by atoms with Crippen LogP contribution < -0.4 is 4.90 Å². The molecule has 1 aliphatic carbocycles. The number of benzene rings is 8. The van der Waals surface area contributed by atoms with E-state index in [1.807, 2.05) is 0 Å². The zero-order chi connectivity index (χ0) is 33.7. The van der Waals surface area contributed by atoms with Gasteiger partial charge in [-0.25, -0.2) is 0 Å². The summed E-state index contributed by atoms with van der Waals surface area (Å²) in [4.78, 5) is 2.39. The van der Waals surface area contributed by atoms with Crippen LogP contribution in [0.25, 0.3) is 55.3 Å². The van der Waals surface area contributed by atoms with E-state index in [9.17, 15) is 0 Å². The van der Waals surface area contributed by atoms with Gasteiger partial charge in [-0.15, -0.1) is 0 Å². The quantitative estimate of drug-likeness (QED) is 0.175. The highest BCUT2D eigenvalue weighted by atomic mass is 15.1. The molecule has 9 rings (SSSR count). The number of anilines is 3. The van der Waals surface area contributed by atoms with Crippen LogP contribution in [-0.2, 0) is 5.41 Å². The van der Waals surface area contributed by atoms with Crippen molar-refractivity contribution in [2.45, 2.75) is 19.3 Å². The van der Waals surface area contributed by atoms with Crippen LogP contribution in [0.1, 0.15) is 25.0 Å². The molecule has 0 heterocycles. The van der Waals surface area contributed by atoms with Crippen molar-refractivity contribution in [2.75, 3.05) is 4.90 Å². The Labute approximate surface area is 294 Å². The molecule has 0 aliphatic heterocycles. The fraction of sp³-hybridized carbons (Fsp3) is 0.0612. The predicted molar refractivity (Wildman–Crippen MR) is 213 cm³/mol. The molecule has 0 spiro atoms. The Balaban J connectivity index is 1.11. The first-order valence-corrected chi connectivity index (χ1v) is 17.4. The summed E-state index contributed by atoms with van der Waals surface area (Å²) in [5, 5.41) is 2.49. The molecule has 0 N–H and O–H groups in total. The molecular formula is C49H37N. The molecule has 238 valence electrons. The van der Waals surface area contributed by atoms with E-state index < -0.39 is 0 Å². The summed E-state index contributed by atoms with van der Waals surface area (Å²) in [7, 11) is 0. The van der Waals surface area contributed by atoms with E-state index in [1.165, 1.54) is 66.4 Å². The molecule has 0 unspecified atom stereocenters. The van der Waals surface area contributed by atoms with Crippen LogP contribution in [0, 0.1) is 0 Å². The molecule has 1 nitrogen and oxygen atoms in total. The van der Waals surface area contributed by atoms with Gasteiger partial charge in [0.15, 0.2) is 0 Å². The lowest BCUT2D eigenvalue weighted by molar-refractivity contribution is 0.660. The number of fused-ring (bicyclic) bond motifs is 4. The molecule has 0 radical (unpaired) electrons. The summed E-state index contributed by atoms with van der Waals surface area (Å²) in [5.74, 6) is 0. The Bertz CT molecular complexity index is 2470. The fourth-order valence-corrected chi connectivity index (χ4v) is 7.75. The highest BCUT2D eigenvalue weighted by molar-refractivity contribution is 5.91. The van der Waals surface area contributed by atoms with Crippen molar-refractivity contribution in [2.24, 2.45) is 0 Å². The average molecular weight is 640 g/mol. The minimum absolute atomic E-state index is 0.0783. The Hall–Kier alpha value is -6.18. The van der Waals surface area contributed by atoms with Gasteiger partial charge in [0.25, 0.3) is 0 Å². The molecule has 0 fully saturated rings. The summed E-state index contributed by atoms with van der Waals surface area (Å²) in [6.07, 6.45) is 0. The first-order valence-electron chi connectivity index (χ1n) is 17.4. The normalized spacial score (nSPS) is 12.8. The van der Waals surface area contributed by atoms with Gasteiger partial charge in [0, 0.05) is 22.5 Å². The predicted octanol–water partition coefficient (Wildman–Crippen LogP) is 13.6. The molecular weight excluding hydrogens is 603 g/mol. The van der Waals surface area contributed by atoms with Gasteiger partial charge < -0.3 is 4.90 Å². The third-order valence-corrected chi connectivity index (χ3v) is 10.5. The van der Waals surface area contributed by atoms with E-state index in [0.717, 1.165) is 17.1 Å². The summed E-state index contributed by atoms with van der Waals surface area (Å²) >= 11 is 0. The maximum atomic E-state index is 2.40. The van der Waals surface area contributed by atoms with Gasteiger partial charge in [-0.2, -0.15) is 0 Å². The summed E-state index contributed by atoms with van der Waals surface area (Å²) in [6, 6.07) is 68.6. The first-order chi connectivity index (χ1) is 24.5. The molecule has 0 saturated carbocycles. The van der Waals surface area contributed by atoms with Gasteiger partial charge in [0.2, 0.25) is 0 Å². The average Bonchev–Trinajstić information content (AvgIpc) is 3.41. The van der Waals surface area contributed by atoms with E-state index in [1.54, 1.807) is 0 Å². The van der Waals surface area contributed by atoms with Crippen molar-refractivity contribution < 1.29 is 0 Å². The van der Waals surface area contributed by atoms with Crippen molar-refractivity contribution in [1.82, 2.24) is 0 Å². The minimum Gasteiger partial charge on any atom is -0.310 e. The van der Waals surface area contributed by atoms with E-state index in [2.05, 4.69) is 207 Å². The third kappa shape index (κ3) is 5.19. The van der Waals surface area contributed by atoms with E-state index in [0.29, 0.717) is 0 Å². The van der Waals surface area contributed by atoms with Crippen LogP contribution in [0.5, 0.6) is 0 Å². The van der Waals surface area contributed by atoms with Gasteiger partial charge in [-0.1, -0.05) is 153 Å². The Kier molecular flexibility index (Phi) is 7.21. The molecule has 0 atom stereocenters. The van der Waals surface area contributed by atoms with Crippen molar-refractivity contribution in [1.29, 1.82) is 0 Å². The van der Waals surface area contributed by atoms with Crippen LogP contribution in [0.4, 0.5) is 17.1 Å². The molecule has 50 heavy (non-hydrogen) atoms. The van der Waals surface area contributed by atoms with Gasteiger partial charge >= 0.3 is 0 Å². The molecule has 1 aliphatic rings. The first kappa shape index (κ1) is 29.9. The largest absolute Gasteiger partial charge is 0.310 e. The van der Waals surface area contributed by atoms with Crippen molar-refractivity contribution in [3.05, 3.63) is 199 Å². The fourth-order valence-electron chi connectivity index (χ4n) is 7.75. The zero-order valence-electron chi connectivity index (χ0n) is 28.3. The van der Waals surface area contributed by atoms with Crippen LogP contribution in [-0.4, -0.2) is 0 Å². The molecule has 1 heteroatoms. The molecule has 8 aromatic carbocycles. The van der Waals surface area contributed by atoms with Gasteiger partial charge in [-0.05, 0) is 115 Å². The van der Waals surface area contributed by atoms with Crippen molar-refractivity contribution in [3.63, 3.8) is 0 Å². The summed E-state index contributed by atoms with van der Waals surface area (Å²) in [5.41, 5.74) is 16.1. The highest BCUT2D eigenvalue weighted by Gasteiger charge is 2.35. The molecule has 0 saturated heterocycles. The molecule has 0 amide bonds. The van der Waals surface area contributed by atoms with Crippen LogP contribution in [0.2, 0.25) is 0 Å².